The van der Waals surface area contributed by atoms with Gasteiger partial charge in [-0.05, 0) is 51.2 Å². The Balaban J connectivity index is 1.55. The molecule has 2 aliphatic rings. The molecule has 2 amide bonds. The van der Waals surface area contributed by atoms with Crippen LogP contribution in [0.5, 0.6) is 0 Å². The van der Waals surface area contributed by atoms with Crippen LogP contribution in [0.3, 0.4) is 0 Å². The zero-order valence-corrected chi connectivity index (χ0v) is 17.8. The molecule has 3 heterocycles. The number of hydrogen-bond donors (Lipinski definition) is 1. The molecule has 0 bridgehead atoms. The smallest absolute Gasteiger partial charge is 0.232 e. The Morgan fingerprint density at radius 3 is 2.76 bits per heavy atom. The molecular weight excluding hydrogens is 364 g/mol. The van der Waals surface area contributed by atoms with Crippen molar-refractivity contribution in [3.63, 3.8) is 0 Å². The highest BCUT2D eigenvalue weighted by Gasteiger charge is 2.53. The molecule has 154 valence electrons. The average Bonchev–Trinajstić information content (AvgIpc) is 3.31. The largest absolute Gasteiger partial charge is 0.355 e. The molecule has 6 nitrogen and oxygen atoms in total. The fraction of sp³-hybridized carbons (Fsp3) is 0.522. The Bertz CT molecular complexity index is 964. The van der Waals surface area contributed by atoms with Crippen molar-refractivity contribution in [2.24, 2.45) is 7.05 Å². The van der Waals surface area contributed by atoms with E-state index < -0.39 is 5.41 Å². The lowest BCUT2D eigenvalue weighted by Gasteiger charge is -2.29. The predicted octanol–water partition coefficient (Wildman–Crippen LogP) is 2.34. The zero-order valence-electron chi connectivity index (χ0n) is 17.8. The summed E-state index contributed by atoms with van der Waals surface area (Å²) in [6.45, 7) is 7.16. The summed E-state index contributed by atoms with van der Waals surface area (Å²) in [5.41, 5.74) is 4.84. The minimum Gasteiger partial charge on any atom is -0.355 e. The van der Waals surface area contributed by atoms with Gasteiger partial charge in [0.1, 0.15) is 0 Å². The maximum Gasteiger partial charge on any atom is 0.232 e. The highest BCUT2D eigenvalue weighted by molar-refractivity contribution is 5.91. The number of benzene rings is 1. The van der Waals surface area contributed by atoms with E-state index in [0.29, 0.717) is 25.9 Å². The van der Waals surface area contributed by atoms with Gasteiger partial charge in [-0.25, -0.2) is 0 Å². The van der Waals surface area contributed by atoms with Crippen LogP contribution in [0.4, 0.5) is 0 Å². The highest BCUT2D eigenvalue weighted by Crippen LogP contribution is 2.43. The van der Waals surface area contributed by atoms with Crippen LogP contribution in [0.25, 0.3) is 0 Å². The maximum atomic E-state index is 13.5. The maximum absolute atomic E-state index is 13.5. The summed E-state index contributed by atoms with van der Waals surface area (Å²) in [4.78, 5) is 27.8. The Hall–Kier alpha value is -2.63. The van der Waals surface area contributed by atoms with Gasteiger partial charge in [0.15, 0.2) is 0 Å². The standard InChI is InChI=1S/C23H30N4O2/c1-15-6-5-7-18(12-15)23(13-19-8-9-21(28)27(19)14-23)22(29)24-11-10-20-16(2)25-26(4)17(20)3/h5-7,12,19H,8-11,13-14H2,1-4H3,(H,24,29). The molecular formula is C23H30N4O2. The number of nitrogens with one attached hydrogen (secondary N) is 1. The number of rotatable bonds is 5. The fourth-order valence-electron chi connectivity index (χ4n) is 5.08. The molecule has 1 aromatic carbocycles. The van der Waals surface area contributed by atoms with Gasteiger partial charge in [-0.2, -0.15) is 5.10 Å². The summed E-state index contributed by atoms with van der Waals surface area (Å²) in [6.07, 6.45) is 2.93. The van der Waals surface area contributed by atoms with Crippen LogP contribution in [0.2, 0.25) is 0 Å². The molecule has 1 aromatic heterocycles. The van der Waals surface area contributed by atoms with Crippen molar-refractivity contribution in [2.75, 3.05) is 13.1 Å². The van der Waals surface area contributed by atoms with E-state index in [2.05, 4.69) is 23.4 Å². The first kappa shape index (κ1) is 19.7. The molecule has 0 saturated carbocycles. The van der Waals surface area contributed by atoms with Crippen molar-refractivity contribution >= 4 is 11.8 Å². The molecule has 0 aliphatic carbocycles. The number of aryl methyl sites for hydroxylation is 3. The van der Waals surface area contributed by atoms with E-state index in [1.807, 2.05) is 48.7 Å². The molecule has 2 aliphatic heterocycles. The minimum absolute atomic E-state index is 0.0319. The quantitative estimate of drug-likeness (QED) is 0.846. The first-order valence-electron chi connectivity index (χ1n) is 10.5. The van der Waals surface area contributed by atoms with Crippen molar-refractivity contribution in [3.8, 4) is 0 Å². The van der Waals surface area contributed by atoms with E-state index in [4.69, 9.17) is 0 Å². The number of fused-ring (bicyclic) bond motifs is 1. The van der Waals surface area contributed by atoms with Crippen molar-refractivity contribution in [1.82, 2.24) is 20.0 Å². The lowest BCUT2D eigenvalue weighted by Crippen LogP contribution is -2.47. The van der Waals surface area contributed by atoms with Gasteiger partial charge in [-0.3, -0.25) is 14.3 Å². The van der Waals surface area contributed by atoms with Gasteiger partial charge in [0.25, 0.3) is 0 Å². The fourth-order valence-corrected chi connectivity index (χ4v) is 5.08. The van der Waals surface area contributed by atoms with E-state index in [-0.39, 0.29) is 17.9 Å². The van der Waals surface area contributed by atoms with Crippen molar-refractivity contribution in [3.05, 3.63) is 52.3 Å². The van der Waals surface area contributed by atoms with Gasteiger partial charge in [0.2, 0.25) is 11.8 Å². The molecule has 2 atom stereocenters. The molecule has 1 N–H and O–H groups in total. The van der Waals surface area contributed by atoms with E-state index in [1.165, 1.54) is 5.56 Å². The summed E-state index contributed by atoms with van der Waals surface area (Å²) in [5.74, 6) is 0.212. The van der Waals surface area contributed by atoms with E-state index in [9.17, 15) is 9.59 Å². The third kappa shape index (κ3) is 3.34. The normalized spacial score (nSPS) is 23.5. The van der Waals surface area contributed by atoms with Crippen LogP contribution in [0, 0.1) is 20.8 Å². The summed E-state index contributed by atoms with van der Waals surface area (Å²) in [7, 11) is 1.94. The summed E-state index contributed by atoms with van der Waals surface area (Å²) >= 11 is 0. The molecule has 4 rings (SSSR count). The summed E-state index contributed by atoms with van der Waals surface area (Å²) in [6, 6.07) is 8.37. The molecule has 0 radical (unpaired) electrons. The third-order valence-corrected chi connectivity index (χ3v) is 6.80. The zero-order chi connectivity index (χ0) is 20.8. The lowest BCUT2D eigenvalue weighted by atomic mass is 9.76. The number of nitrogens with zero attached hydrogens (tertiary/aromatic N) is 3. The molecule has 6 heteroatoms. The van der Waals surface area contributed by atoms with E-state index in [0.717, 1.165) is 35.4 Å². The second kappa shape index (κ2) is 7.32. The molecule has 2 unspecified atom stereocenters. The Morgan fingerprint density at radius 1 is 1.31 bits per heavy atom. The first-order chi connectivity index (χ1) is 13.8. The minimum atomic E-state index is -0.661. The number of carbonyl (C=O) groups excluding carboxylic acids is 2. The molecule has 0 spiro atoms. The van der Waals surface area contributed by atoms with Gasteiger partial charge >= 0.3 is 0 Å². The second-order valence-corrected chi connectivity index (χ2v) is 8.65. The summed E-state index contributed by atoms with van der Waals surface area (Å²) < 4.78 is 1.89. The molecule has 2 saturated heterocycles. The van der Waals surface area contributed by atoms with Crippen LogP contribution in [-0.2, 0) is 28.5 Å². The van der Waals surface area contributed by atoms with Crippen molar-refractivity contribution in [2.45, 2.75) is 57.9 Å². The Morgan fingerprint density at radius 2 is 2.10 bits per heavy atom. The monoisotopic (exact) mass is 394 g/mol. The van der Waals surface area contributed by atoms with Crippen molar-refractivity contribution < 1.29 is 9.59 Å². The van der Waals surface area contributed by atoms with E-state index >= 15 is 0 Å². The Kier molecular flexibility index (Phi) is 4.97. The third-order valence-electron chi connectivity index (χ3n) is 6.80. The number of aromatic nitrogens is 2. The topological polar surface area (TPSA) is 67.2 Å². The van der Waals surface area contributed by atoms with Crippen LogP contribution < -0.4 is 5.32 Å². The molecule has 29 heavy (non-hydrogen) atoms. The van der Waals surface area contributed by atoms with Crippen LogP contribution in [0.1, 0.15) is 47.3 Å². The molecule has 2 aromatic rings. The average molecular weight is 395 g/mol. The van der Waals surface area contributed by atoms with Gasteiger partial charge in [-0.15, -0.1) is 0 Å². The number of carbonyl (C=O) groups is 2. The second-order valence-electron chi connectivity index (χ2n) is 8.65. The van der Waals surface area contributed by atoms with Gasteiger partial charge in [-0.1, -0.05) is 29.8 Å². The lowest BCUT2D eigenvalue weighted by molar-refractivity contribution is -0.129. The van der Waals surface area contributed by atoms with Gasteiger partial charge in [0.05, 0.1) is 11.1 Å². The number of hydrogen-bond acceptors (Lipinski definition) is 3. The summed E-state index contributed by atoms with van der Waals surface area (Å²) in [5, 5.41) is 7.65. The Labute approximate surface area is 172 Å². The van der Waals surface area contributed by atoms with Gasteiger partial charge in [0, 0.05) is 38.3 Å². The SMILES string of the molecule is Cc1cccc(C2(C(=O)NCCc3c(C)nn(C)c3C)CC3CCC(=O)N3C2)c1. The van der Waals surface area contributed by atoms with Crippen molar-refractivity contribution in [1.29, 1.82) is 0 Å². The highest BCUT2D eigenvalue weighted by atomic mass is 16.2. The van der Waals surface area contributed by atoms with E-state index in [1.54, 1.807) is 0 Å². The van der Waals surface area contributed by atoms with Crippen LogP contribution >= 0.6 is 0 Å². The predicted molar refractivity (Wildman–Crippen MR) is 112 cm³/mol. The van der Waals surface area contributed by atoms with Gasteiger partial charge < -0.3 is 10.2 Å². The molecule has 2 fully saturated rings. The number of amides is 2. The first-order valence-corrected chi connectivity index (χ1v) is 10.5. The van der Waals surface area contributed by atoms with Crippen LogP contribution in [-0.4, -0.2) is 45.6 Å². The van der Waals surface area contributed by atoms with Crippen LogP contribution in [0.15, 0.2) is 24.3 Å².